The average molecular weight is 140 g/mol. The van der Waals surface area contributed by atoms with Gasteiger partial charge >= 0.3 is 0 Å². The van der Waals surface area contributed by atoms with E-state index in [9.17, 15) is 0 Å². The molecule has 0 aliphatic carbocycles. The minimum atomic E-state index is -0.202. The standard InChI is InChI=1S/C7H8O3/c8-4-5-1-2-6(9)7(10)3-5/h1-3,8-10H,4H2. The van der Waals surface area contributed by atoms with Gasteiger partial charge in [0.1, 0.15) is 0 Å². The quantitative estimate of drug-likeness (QED) is 0.500. The van der Waals surface area contributed by atoms with Gasteiger partial charge < -0.3 is 15.3 Å². The molecule has 3 N–H and O–H groups in total. The van der Waals surface area contributed by atoms with Crippen molar-refractivity contribution in [3.63, 3.8) is 0 Å². The second-order valence-electron chi connectivity index (χ2n) is 1.98. The summed E-state index contributed by atoms with van der Waals surface area (Å²) < 4.78 is 0. The topological polar surface area (TPSA) is 60.7 Å². The maximum Gasteiger partial charge on any atom is 0.157 e. The van der Waals surface area contributed by atoms with Crippen molar-refractivity contribution in [1.29, 1.82) is 0 Å². The summed E-state index contributed by atoms with van der Waals surface area (Å²) in [6.07, 6.45) is 0. The SMILES string of the molecule is OCc1ccc(O)c(O)c1. The average Bonchev–Trinajstić information content (AvgIpc) is 1.95. The monoisotopic (exact) mass is 140 g/mol. The lowest BCUT2D eigenvalue weighted by Crippen LogP contribution is -1.80. The first-order chi connectivity index (χ1) is 4.74. The Morgan fingerprint density at radius 1 is 1.10 bits per heavy atom. The van der Waals surface area contributed by atoms with Gasteiger partial charge in [-0.05, 0) is 17.7 Å². The molecule has 0 saturated carbocycles. The lowest BCUT2D eigenvalue weighted by molar-refractivity contribution is 0.280. The second kappa shape index (κ2) is 2.58. The van der Waals surface area contributed by atoms with E-state index in [4.69, 9.17) is 15.3 Å². The van der Waals surface area contributed by atoms with E-state index in [0.29, 0.717) is 5.56 Å². The van der Waals surface area contributed by atoms with Crippen LogP contribution in [0.4, 0.5) is 0 Å². The van der Waals surface area contributed by atoms with Crippen molar-refractivity contribution >= 4 is 0 Å². The van der Waals surface area contributed by atoms with Crippen LogP contribution in [0, 0.1) is 0 Å². The van der Waals surface area contributed by atoms with Crippen molar-refractivity contribution in [2.75, 3.05) is 0 Å². The van der Waals surface area contributed by atoms with Gasteiger partial charge in [-0.3, -0.25) is 0 Å². The van der Waals surface area contributed by atoms with Crippen molar-refractivity contribution in [2.45, 2.75) is 6.61 Å². The van der Waals surface area contributed by atoms with Crippen LogP contribution in [-0.4, -0.2) is 15.3 Å². The van der Waals surface area contributed by atoms with E-state index in [1.807, 2.05) is 0 Å². The molecule has 1 aromatic rings. The number of benzene rings is 1. The smallest absolute Gasteiger partial charge is 0.157 e. The molecule has 3 nitrogen and oxygen atoms in total. The van der Waals surface area contributed by atoms with Gasteiger partial charge in [-0.1, -0.05) is 6.07 Å². The van der Waals surface area contributed by atoms with Gasteiger partial charge in [-0.15, -0.1) is 0 Å². The normalized spacial score (nSPS) is 9.70. The lowest BCUT2D eigenvalue weighted by atomic mass is 10.2. The zero-order valence-electron chi connectivity index (χ0n) is 5.28. The number of phenolic OH excluding ortho intramolecular Hbond substituents is 2. The third-order valence-electron chi connectivity index (χ3n) is 1.22. The van der Waals surface area contributed by atoms with Gasteiger partial charge in [0.2, 0.25) is 0 Å². The molecule has 0 heterocycles. The Hall–Kier alpha value is -1.22. The highest BCUT2D eigenvalue weighted by Gasteiger charge is 1.97. The van der Waals surface area contributed by atoms with Crippen molar-refractivity contribution < 1.29 is 15.3 Å². The zero-order chi connectivity index (χ0) is 7.56. The Bertz CT molecular complexity index is 232. The highest BCUT2D eigenvalue weighted by Crippen LogP contribution is 2.24. The van der Waals surface area contributed by atoms with Crippen LogP contribution in [-0.2, 0) is 6.61 Å². The molecule has 0 bridgehead atoms. The lowest BCUT2D eigenvalue weighted by Gasteiger charge is -1.98. The highest BCUT2D eigenvalue weighted by atomic mass is 16.3. The molecule has 0 aromatic heterocycles. The molecule has 0 unspecified atom stereocenters. The Morgan fingerprint density at radius 3 is 2.30 bits per heavy atom. The summed E-state index contributed by atoms with van der Waals surface area (Å²) in [7, 11) is 0. The summed E-state index contributed by atoms with van der Waals surface area (Å²) in [6, 6.07) is 4.19. The molecule has 0 saturated heterocycles. The Morgan fingerprint density at radius 2 is 1.80 bits per heavy atom. The van der Waals surface area contributed by atoms with E-state index in [2.05, 4.69) is 0 Å². The van der Waals surface area contributed by atoms with Crippen LogP contribution >= 0.6 is 0 Å². The summed E-state index contributed by atoms with van der Waals surface area (Å²) in [6.45, 7) is -0.131. The summed E-state index contributed by atoms with van der Waals surface area (Å²) in [5.41, 5.74) is 0.579. The van der Waals surface area contributed by atoms with Gasteiger partial charge in [0, 0.05) is 0 Å². The van der Waals surface area contributed by atoms with Crippen LogP contribution in [0.25, 0.3) is 0 Å². The fourth-order valence-electron chi connectivity index (χ4n) is 0.667. The van der Waals surface area contributed by atoms with E-state index in [1.54, 1.807) is 0 Å². The number of hydrogen-bond acceptors (Lipinski definition) is 3. The summed E-state index contributed by atoms with van der Waals surface area (Å²) in [5.74, 6) is -0.372. The van der Waals surface area contributed by atoms with Gasteiger partial charge in [-0.25, -0.2) is 0 Å². The molecule has 0 spiro atoms. The van der Waals surface area contributed by atoms with Gasteiger partial charge in [0.05, 0.1) is 6.61 Å². The maximum absolute atomic E-state index is 8.87. The first-order valence-corrected chi connectivity index (χ1v) is 2.86. The van der Waals surface area contributed by atoms with Crippen LogP contribution in [0.2, 0.25) is 0 Å². The first kappa shape index (κ1) is 6.89. The predicted molar refractivity (Wildman–Crippen MR) is 35.7 cm³/mol. The Kier molecular flexibility index (Phi) is 1.78. The van der Waals surface area contributed by atoms with Gasteiger partial charge in [-0.2, -0.15) is 0 Å². The van der Waals surface area contributed by atoms with Crippen molar-refractivity contribution in [2.24, 2.45) is 0 Å². The largest absolute Gasteiger partial charge is 0.504 e. The number of aliphatic hydroxyl groups is 1. The number of aromatic hydroxyl groups is 2. The third-order valence-corrected chi connectivity index (χ3v) is 1.22. The van der Waals surface area contributed by atoms with Crippen LogP contribution < -0.4 is 0 Å². The third kappa shape index (κ3) is 1.19. The first-order valence-electron chi connectivity index (χ1n) is 2.86. The molecular formula is C7H8O3. The molecule has 0 atom stereocenters. The molecule has 0 radical (unpaired) electrons. The maximum atomic E-state index is 8.87. The number of aliphatic hydroxyl groups excluding tert-OH is 1. The molecule has 0 fully saturated rings. The fraction of sp³-hybridized carbons (Fsp3) is 0.143. The summed E-state index contributed by atoms with van der Waals surface area (Å²) in [5, 5.41) is 26.2. The number of hydrogen-bond donors (Lipinski definition) is 3. The van der Waals surface area contributed by atoms with Crippen molar-refractivity contribution in [3.05, 3.63) is 23.8 Å². The number of rotatable bonds is 1. The predicted octanol–water partition coefficient (Wildman–Crippen LogP) is 0.590. The molecule has 3 heteroatoms. The molecule has 0 aliphatic heterocycles. The molecule has 1 rings (SSSR count). The summed E-state index contributed by atoms with van der Waals surface area (Å²) in [4.78, 5) is 0. The van der Waals surface area contributed by atoms with E-state index in [1.165, 1.54) is 18.2 Å². The molecule has 54 valence electrons. The van der Waals surface area contributed by atoms with Crippen LogP contribution in [0.5, 0.6) is 11.5 Å². The molecule has 0 aliphatic rings. The van der Waals surface area contributed by atoms with Crippen LogP contribution in [0.15, 0.2) is 18.2 Å². The molecule has 1 aromatic carbocycles. The molecular weight excluding hydrogens is 132 g/mol. The van der Waals surface area contributed by atoms with E-state index < -0.39 is 0 Å². The minimum absolute atomic E-state index is 0.131. The summed E-state index contributed by atoms with van der Waals surface area (Å²) >= 11 is 0. The van der Waals surface area contributed by atoms with Crippen molar-refractivity contribution in [3.8, 4) is 11.5 Å². The minimum Gasteiger partial charge on any atom is -0.504 e. The van der Waals surface area contributed by atoms with Crippen LogP contribution in [0.3, 0.4) is 0 Å². The van der Waals surface area contributed by atoms with E-state index in [-0.39, 0.29) is 18.1 Å². The van der Waals surface area contributed by atoms with Gasteiger partial charge in [0.25, 0.3) is 0 Å². The van der Waals surface area contributed by atoms with Crippen LogP contribution in [0.1, 0.15) is 5.56 Å². The van der Waals surface area contributed by atoms with E-state index in [0.717, 1.165) is 0 Å². The molecule has 0 amide bonds. The highest BCUT2D eigenvalue weighted by molar-refractivity contribution is 5.40. The van der Waals surface area contributed by atoms with E-state index >= 15 is 0 Å². The Labute approximate surface area is 58.2 Å². The fourth-order valence-corrected chi connectivity index (χ4v) is 0.667. The molecule has 10 heavy (non-hydrogen) atoms. The Balaban J connectivity index is 3.04. The van der Waals surface area contributed by atoms with Crippen molar-refractivity contribution in [1.82, 2.24) is 0 Å². The van der Waals surface area contributed by atoms with Gasteiger partial charge in [0.15, 0.2) is 11.5 Å². The second-order valence-corrected chi connectivity index (χ2v) is 1.98. The zero-order valence-corrected chi connectivity index (χ0v) is 5.28. The number of phenols is 2.